The quantitative estimate of drug-likeness (QED) is 0.526. The molecule has 1 aliphatic carbocycles. The fourth-order valence-corrected chi connectivity index (χ4v) is 4.89. The van der Waals surface area contributed by atoms with Crippen LogP contribution in [0.5, 0.6) is 0 Å². The van der Waals surface area contributed by atoms with Crippen molar-refractivity contribution < 1.29 is 9.53 Å². The van der Waals surface area contributed by atoms with Crippen molar-refractivity contribution in [2.75, 3.05) is 63.6 Å². The van der Waals surface area contributed by atoms with Crippen LogP contribution in [0.3, 0.4) is 0 Å². The number of carbonyl (C=O) groups is 1. The van der Waals surface area contributed by atoms with Gasteiger partial charge in [0.2, 0.25) is 11.9 Å². The largest absolute Gasteiger partial charge is 0.379 e. The Hall–Kier alpha value is -2.72. The van der Waals surface area contributed by atoms with Gasteiger partial charge < -0.3 is 25.2 Å². The number of amides is 1. The summed E-state index contributed by atoms with van der Waals surface area (Å²) in [6.45, 7) is 7.57. The number of ether oxygens (including phenoxy) is 1. The van der Waals surface area contributed by atoms with E-state index in [9.17, 15) is 4.79 Å². The zero-order valence-electron chi connectivity index (χ0n) is 21.0. The second kappa shape index (κ2) is 10.9. The average Bonchev–Trinajstić information content (AvgIpc) is 3.66. The van der Waals surface area contributed by atoms with Gasteiger partial charge in [0, 0.05) is 37.6 Å². The van der Waals surface area contributed by atoms with Crippen LogP contribution in [0.25, 0.3) is 0 Å². The van der Waals surface area contributed by atoms with E-state index in [4.69, 9.17) is 14.8 Å². The monoisotopic (exact) mass is 482 g/mol. The lowest BCUT2D eigenvalue weighted by Gasteiger charge is -2.28. The zero-order chi connectivity index (χ0) is 24.2. The number of nitrogens with one attached hydrogen (secondary N) is 2. The summed E-state index contributed by atoms with van der Waals surface area (Å²) in [5.74, 6) is 2.22. The summed E-state index contributed by atoms with van der Waals surface area (Å²) in [6, 6.07) is 0.443. The van der Waals surface area contributed by atoms with Crippen LogP contribution in [0.4, 0.5) is 17.5 Å². The van der Waals surface area contributed by atoms with Gasteiger partial charge in [-0.1, -0.05) is 0 Å². The summed E-state index contributed by atoms with van der Waals surface area (Å²) >= 11 is 0. The molecule has 5 rings (SSSR count). The van der Waals surface area contributed by atoms with Crippen LogP contribution in [0.15, 0.2) is 12.4 Å². The van der Waals surface area contributed by atoms with Crippen molar-refractivity contribution in [2.24, 2.45) is 0 Å². The Bertz CT molecular complexity index is 1010. The first-order valence-electron chi connectivity index (χ1n) is 13.0. The van der Waals surface area contributed by atoms with Gasteiger partial charge in [-0.25, -0.2) is 4.98 Å². The maximum Gasteiger partial charge on any atom is 0.229 e. The van der Waals surface area contributed by atoms with E-state index in [0.29, 0.717) is 44.1 Å². The van der Waals surface area contributed by atoms with E-state index in [2.05, 4.69) is 38.4 Å². The van der Waals surface area contributed by atoms with E-state index in [1.807, 2.05) is 18.0 Å². The Morgan fingerprint density at radius 3 is 2.77 bits per heavy atom. The molecule has 1 saturated carbocycles. The van der Waals surface area contributed by atoms with Gasteiger partial charge >= 0.3 is 0 Å². The van der Waals surface area contributed by atoms with Crippen LogP contribution in [0, 0.1) is 6.92 Å². The average molecular weight is 483 g/mol. The summed E-state index contributed by atoms with van der Waals surface area (Å²) in [5, 5.41) is 11.7. The molecule has 3 fully saturated rings. The topological polar surface area (TPSA) is 100 Å². The highest BCUT2D eigenvalue weighted by atomic mass is 16.5. The fraction of sp³-hybridized carbons (Fsp3) is 0.680. The number of piperidine rings is 1. The summed E-state index contributed by atoms with van der Waals surface area (Å²) in [4.78, 5) is 25.9. The van der Waals surface area contributed by atoms with Gasteiger partial charge in [-0.15, -0.1) is 0 Å². The summed E-state index contributed by atoms with van der Waals surface area (Å²) < 4.78 is 7.53. The number of hydrogen-bond donors (Lipinski definition) is 2. The molecule has 35 heavy (non-hydrogen) atoms. The molecule has 2 aromatic rings. The fourth-order valence-electron chi connectivity index (χ4n) is 4.89. The summed E-state index contributed by atoms with van der Waals surface area (Å²) in [6.07, 6.45) is 10.0. The lowest BCUT2D eigenvalue weighted by atomic mass is 10.1. The predicted octanol–water partition coefficient (Wildman–Crippen LogP) is 2.92. The number of rotatable bonds is 9. The van der Waals surface area contributed by atoms with Gasteiger partial charge in [-0.2, -0.15) is 10.1 Å². The van der Waals surface area contributed by atoms with Gasteiger partial charge in [0.05, 0.1) is 37.1 Å². The minimum absolute atomic E-state index is 0.186. The zero-order valence-corrected chi connectivity index (χ0v) is 21.0. The lowest BCUT2D eigenvalue weighted by Crippen LogP contribution is -2.33. The molecular weight excluding hydrogens is 444 g/mol. The van der Waals surface area contributed by atoms with Crippen LogP contribution in [0.2, 0.25) is 0 Å². The number of carbonyl (C=O) groups excluding carboxylic acids is 1. The van der Waals surface area contributed by atoms with Crippen molar-refractivity contribution in [2.45, 2.75) is 57.4 Å². The van der Waals surface area contributed by atoms with E-state index in [1.165, 1.54) is 18.4 Å². The standard InChI is InChI=1S/C25H38N8O2/c1-18-22(17-33(30-18)20-6-11-31(2)12-7-20)28-25-27-16-21(19-4-5-19)24(29-25)26-9-3-10-32-13-15-35-14-8-23(32)34/h16-17,19-20H,3-15H2,1-2H3,(H2,26,27,28,29). The molecule has 0 aromatic carbocycles. The molecule has 3 aliphatic rings. The minimum atomic E-state index is 0.186. The number of hydrogen-bond acceptors (Lipinski definition) is 8. The smallest absolute Gasteiger partial charge is 0.229 e. The molecule has 2 saturated heterocycles. The SMILES string of the molecule is Cc1nn(C2CCN(C)CC2)cc1Nc1ncc(C2CC2)c(NCCCN2CCOCCC2=O)n1. The number of anilines is 3. The second-order valence-corrected chi connectivity index (χ2v) is 10.1. The number of aryl methyl sites for hydroxylation is 1. The molecule has 2 N–H and O–H groups in total. The van der Waals surface area contributed by atoms with Crippen LogP contribution in [-0.4, -0.2) is 88.4 Å². The van der Waals surface area contributed by atoms with Crippen molar-refractivity contribution in [1.29, 1.82) is 0 Å². The van der Waals surface area contributed by atoms with E-state index in [-0.39, 0.29) is 5.91 Å². The second-order valence-electron chi connectivity index (χ2n) is 10.1. The first-order chi connectivity index (χ1) is 17.1. The molecule has 0 bridgehead atoms. The highest BCUT2D eigenvalue weighted by Crippen LogP contribution is 2.43. The van der Waals surface area contributed by atoms with Crippen LogP contribution < -0.4 is 10.6 Å². The number of nitrogens with zero attached hydrogens (tertiary/aromatic N) is 6. The molecule has 0 radical (unpaired) electrons. The minimum Gasteiger partial charge on any atom is -0.379 e. The van der Waals surface area contributed by atoms with Gasteiger partial charge in [0.15, 0.2) is 0 Å². The molecule has 2 aromatic heterocycles. The number of likely N-dealkylation sites (tertiary alicyclic amines) is 1. The lowest BCUT2D eigenvalue weighted by molar-refractivity contribution is -0.130. The molecule has 0 atom stereocenters. The molecule has 1 amide bonds. The van der Waals surface area contributed by atoms with Crippen LogP contribution in [-0.2, 0) is 9.53 Å². The van der Waals surface area contributed by atoms with Gasteiger partial charge in [0.1, 0.15) is 5.82 Å². The Morgan fingerprint density at radius 1 is 1.14 bits per heavy atom. The summed E-state index contributed by atoms with van der Waals surface area (Å²) in [5.41, 5.74) is 3.10. The third kappa shape index (κ3) is 6.10. The normalized spacial score (nSPS) is 20.2. The van der Waals surface area contributed by atoms with E-state index >= 15 is 0 Å². The first kappa shape index (κ1) is 24.0. The molecule has 190 valence electrons. The molecule has 10 heteroatoms. The molecule has 0 unspecified atom stereocenters. The van der Waals surface area contributed by atoms with Crippen molar-refractivity contribution in [3.63, 3.8) is 0 Å². The molecule has 0 spiro atoms. The van der Waals surface area contributed by atoms with E-state index in [0.717, 1.165) is 62.6 Å². The molecular formula is C25H38N8O2. The van der Waals surface area contributed by atoms with Crippen molar-refractivity contribution in [1.82, 2.24) is 29.5 Å². The Morgan fingerprint density at radius 2 is 1.97 bits per heavy atom. The van der Waals surface area contributed by atoms with Gasteiger partial charge in [0.25, 0.3) is 0 Å². The molecule has 10 nitrogen and oxygen atoms in total. The Kier molecular flexibility index (Phi) is 7.48. The van der Waals surface area contributed by atoms with E-state index in [1.54, 1.807) is 0 Å². The van der Waals surface area contributed by atoms with E-state index < -0.39 is 0 Å². The third-order valence-corrected chi connectivity index (χ3v) is 7.28. The van der Waals surface area contributed by atoms with Gasteiger partial charge in [-0.3, -0.25) is 9.48 Å². The summed E-state index contributed by atoms with van der Waals surface area (Å²) in [7, 11) is 2.18. The third-order valence-electron chi connectivity index (χ3n) is 7.28. The van der Waals surface area contributed by atoms with Crippen molar-refractivity contribution >= 4 is 23.4 Å². The van der Waals surface area contributed by atoms with Gasteiger partial charge in [-0.05, 0) is 65.1 Å². The van der Waals surface area contributed by atoms with Crippen LogP contribution >= 0.6 is 0 Å². The maximum atomic E-state index is 12.2. The predicted molar refractivity (Wildman–Crippen MR) is 135 cm³/mol. The molecule has 2 aliphatic heterocycles. The molecule has 4 heterocycles. The maximum absolute atomic E-state index is 12.2. The van der Waals surface area contributed by atoms with Crippen molar-refractivity contribution in [3.8, 4) is 0 Å². The Labute approximate surface area is 207 Å². The first-order valence-corrected chi connectivity index (χ1v) is 13.0. The van der Waals surface area contributed by atoms with Crippen molar-refractivity contribution in [3.05, 3.63) is 23.7 Å². The van der Waals surface area contributed by atoms with Crippen LogP contribution in [0.1, 0.15) is 61.7 Å². The highest BCUT2D eigenvalue weighted by molar-refractivity contribution is 5.76. The highest BCUT2D eigenvalue weighted by Gasteiger charge is 2.28. The number of aromatic nitrogens is 4. The Balaban J connectivity index is 1.21.